The van der Waals surface area contributed by atoms with E-state index < -0.39 is 23.5 Å². The van der Waals surface area contributed by atoms with Crippen molar-refractivity contribution in [3.8, 4) is 5.75 Å². The van der Waals surface area contributed by atoms with E-state index in [2.05, 4.69) is 15.6 Å². The van der Waals surface area contributed by atoms with E-state index in [-0.39, 0.29) is 18.4 Å². The predicted octanol–water partition coefficient (Wildman–Crippen LogP) is 1.35. The second kappa shape index (κ2) is 7.47. The largest absolute Gasteiger partial charge is 0.497 e. The van der Waals surface area contributed by atoms with Crippen molar-refractivity contribution in [3.05, 3.63) is 48.0 Å². The van der Waals surface area contributed by atoms with Gasteiger partial charge in [-0.1, -0.05) is 12.1 Å². The standard InChI is InChI=1S/C21H25N5O4/c1-21(14-6-7-14)19(28)26(20(29)24-21)12-16(27)23-17(18-22-10-11-25(18)2)13-4-8-15(30-3)9-5-13/h4-5,8-11,14,17H,6-7,12H2,1-3H3,(H,23,27)(H,24,29)/t17-,21-/m1/s1. The molecular weight excluding hydrogens is 386 g/mol. The number of carbonyl (C=O) groups excluding carboxylic acids is 3. The van der Waals surface area contributed by atoms with Crippen LogP contribution in [0.4, 0.5) is 4.79 Å². The molecule has 9 nitrogen and oxygen atoms in total. The van der Waals surface area contributed by atoms with E-state index in [1.54, 1.807) is 38.6 Å². The number of hydrogen-bond acceptors (Lipinski definition) is 5. The first-order valence-corrected chi connectivity index (χ1v) is 9.88. The Hall–Kier alpha value is -3.36. The van der Waals surface area contributed by atoms with Crippen molar-refractivity contribution >= 4 is 17.8 Å². The van der Waals surface area contributed by atoms with Gasteiger partial charge in [0, 0.05) is 19.4 Å². The quantitative estimate of drug-likeness (QED) is 0.669. The van der Waals surface area contributed by atoms with Crippen LogP contribution in [0.5, 0.6) is 5.75 Å². The van der Waals surface area contributed by atoms with Crippen LogP contribution in [-0.4, -0.2) is 51.5 Å². The molecule has 2 aromatic rings. The fourth-order valence-electron chi connectivity index (χ4n) is 3.90. The predicted molar refractivity (Wildman–Crippen MR) is 108 cm³/mol. The number of imide groups is 1. The molecule has 0 bridgehead atoms. The monoisotopic (exact) mass is 411 g/mol. The molecule has 1 aliphatic heterocycles. The van der Waals surface area contributed by atoms with Crippen LogP contribution in [-0.2, 0) is 16.6 Å². The molecule has 4 rings (SSSR count). The molecule has 1 aromatic heterocycles. The van der Waals surface area contributed by atoms with Gasteiger partial charge >= 0.3 is 6.03 Å². The van der Waals surface area contributed by atoms with Crippen LogP contribution < -0.4 is 15.4 Å². The fraction of sp³-hybridized carbons (Fsp3) is 0.429. The Morgan fingerprint density at radius 3 is 2.60 bits per heavy atom. The minimum atomic E-state index is -0.910. The van der Waals surface area contributed by atoms with E-state index >= 15 is 0 Å². The molecule has 1 aliphatic carbocycles. The highest BCUT2D eigenvalue weighted by molar-refractivity contribution is 6.09. The molecule has 30 heavy (non-hydrogen) atoms. The molecule has 9 heteroatoms. The van der Waals surface area contributed by atoms with Gasteiger partial charge in [-0.3, -0.25) is 14.5 Å². The number of urea groups is 1. The van der Waals surface area contributed by atoms with Gasteiger partial charge in [-0.2, -0.15) is 0 Å². The molecule has 2 atom stereocenters. The summed E-state index contributed by atoms with van der Waals surface area (Å²) in [6, 6.07) is 6.22. The summed E-state index contributed by atoms with van der Waals surface area (Å²) in [5.74, 6) is 0.683. The van der Waals surface area contributed by atoms with Crippen LogP contribution in [0.2, 0.25) is 0 Å². The van der Waals surface area contributed by atoms with Gasteiger partial charge in [0.15, 0.2) is 0 Å². The van der Waals surface area contributed by atoms with E-state index in [9.17, 15) is 14.4 Å². The number of carbonyl (C=O) groups is 3. The molecule has 1 saturated heterocycles. The zero-order valence-corrected chi connectivity index (χ0v) is 17.2. The maximum absolute atomic E-state index is 12.9. The van der Waals surface area contributed by atoms with E-state index in [0.29, 0.717) is 11.6 Å². The second-order valence-corrected chi connectivity index (χ2v) is 7.97. The maximum Gasteiger partial charge on any atom is 0.325 e. The number of imidazole rings is 1. The molecular formula is C21H25N5O4. The van der Waals surface area contributed by atoms with E-state index in [1.165, 1.54) is 0 Å². The lowest BCUT2D eigenvalue weighted by molar-refractivity contribution is -0.135. The van der Waals surface area contributed by atoms with Crippen molar-refractivity contribution in [1.29, 1.82) is 0 Å². The van der Waals surface area contributed by atoms with Gasteiger partial charge < -0.3 is 19.9 Å². The number of aromatic nitrogens is 2. The number of nitrogens with zero attached hydrogens (tertiary/aromatic N) is 3. The maximum atomic E-state index is 12.9. The van der Waals surface area contributed by atoms with E-state index in [1.807, 2.05) is 23.7 Å². The zero-order chi connectivity index (χ0) is 21.5. The van der Waals surface area contributed by atoms with Crippen molar-refractivity contribution in [3.63, 3.8) is 0 Å². The molecule has 4 amide bonds. The number of aryl methyl sites for hydroxylation is 1. The van der Waals surface area contributed by atoms with Gasteiger partial charge in [-0.15, -0.1) is 0 Å². The Balaban J connectivity index is 1.53. The summed E-state index contributed by atoms with van der Waals surface area (Å²) in [4.78, 5) is 43.4. The van der Waals surface area contributed by atoms with Crippen molar-refractivity contribution in [1.82, 2.24) is 25.1 Å². The highest BCUT2D eigenvalue weighted by atomic mass is 16.5. The number of hydrogen-bond donors (Lipinski definition) is 2. The third-order valence-electron chi connectivity index (χ3n) is 5.87. The summed E-state index contributed by atoms with van der Waals surface area (Å²) in [5.41, 5.74) is -0.106. The van der Waals surface area contributed by atoms with E-state index in [0.717, 1.165) is 23.3 Å². The topological polar surface area (TPSA) is 106 Å². The summed E-state index contributed by atoms with van der Waals surface area (Å²) in [6.45, 7) is 1.39. The molecule has 1 saturated carbocycles. The van der Waals surface area contributed by atoms with Crippen molar-refractivity contribution in [2.45, 2.75) is 31.3 Å². The van der Waals surface area contributed by atoms with Gasteiger partial charge in [-0.25, -0.2) is 9.78 Å². The van der Waals surface area contributed by atoms with Crippen molar-refractivity contribution in [2.75, 3.05) is 13.7 Å². The van der Waals surface area contributed by atoms with Gasteiger partial charge in [-0.05, 0) is 43.4 Å². The fourth-order valence-corrected chi connectivity index (χ4v) is 3.90. The number of methoxy groups -OCH3 is 1. The molecule has 0 radical (unpaired) electrons. The number of rotatable bonds is 7. The molecule has 1 aromatic carbocycles. The summed E-state index contributed by atoms with van der Waals surface area (Å²) >= 11 is 0. The van der Waals surface area contributed by atoms with Gasteiger partial charge in [0.1, 0.15) is 29.7 Å². The minimum Gasteiger partial charge on any atom is -0.497 e. The summed E-state index contributed by atoms with van der Waals surface area (Å²) in [5, 5.41) is 5.68. The van der Waals surface area contributed by atoms with Crippen LogP contribution in [0, 0.1) is 5.92 Å². The van der Waals surface area contributed by atoms with Gasteiger partial charge in [0.25, 0.3) is 5.91 Å². The van der Waals surface area contributed by atoms with Gasteiger partial charge in [0.2, 0.25) is 5.91 Å². The third-order valence-corrected chi connectivity index (χ3v) is 5.87. The minimum absolute atomic E-state index is 0.140. The first kappa shape index (κ1) is 19.9. The summed E-state index contributed by atoms with van der Waals surface area (Å²) in [7, 11) is 3.42. The van der Waals surface area contributed by atoms with Crippen molar-refractivity contribution in [2.24, 2.45) is 13.0 Å². The first-order chi connectivity index (χ1) is 14.3. The lowest BCUT2D eigenvalue weighted by Gasteiger charge is -2.22. The average molecular weight is 411 g/mol. The Morgan fingerprint density at radius 2 is 2.03 bits per heavy atom. The molecule has 0 unspecified atom stereocenters. The van der Waals surface area contributed by atoms with Crippen LogP contribution >= 0.6 is 0 Å². The number of benzene rings is 1. The highest BCUT2D eigenvalue weighted by Gasteiger charge is 2.56. The molecule has 2 fully saturated rings. The number of ether oxygens (including phenoxy) is 1. The molecule has 158 valence electrons. The Morgan fingerprint density at radius 1 is 1.33 bits per heavy atom. The summed E-state index contributed by atoms with van der Waals surface area (Å²) in [6.07, 6.45) is 5.25. The smallest absolute Gasteiger partial charge is 0.325 e. The second-order valence-electron chi connectivity index (χ2n) is 7.97. The zero-order valence-electron chi connectivity index (χ0n) is 17.2. The average Bonchev–Trinajstić information content (AvgIpc) is 3.47. The number of amides is 4. The lowest BCUT2D eigenvalue weighted by Crippen LogP contribution is -2.47. The van der Waals surface area contributed by atoms with Crippen molar-refractivity contribution < 1.29 is 19.1 Å². The first-order valence-electron chi connectivity index (χ1n) is 9.88. The number of nitrogens with one attached hydrogen (secondary N) is 2. The van der Waals surface area contributed by atoms with Crippen LogP contribution in [0.15, 0.2) is 36.7 Å². The Kier molecular flexibility index (Phi) is 4.97. The lowest BCUT2D eigenvalue weighted by atomic mass is 9.96. The SMILES string of the molecule is COc1ccc([C@@H](NC(=O)CN2C(=O)N[C@](C)(C3CC3)C2=O)c2nccn2C)cc1. The van der Waals surface area contributed by atoms with Gasteiger partial charge in [0.05, 0.1) is 7.11 Å². The summed E-state index contributed by atoms with van der Waals surface area (Å²) < 4.78 is 7.02. The van der Waals surface area contributed by atoms with Crippen LogP contribution in [0.3, 0.4) is 0 Å². The Labute approximate surface area is 174 Å². The molecule has 2 aliphatic rings. The molecule has 0 spiro atoms. The molecule has 2 heterocycles. The third kappa shape index (κ3) is 3.51. The normalized spacial score (nSPS) is 22.0. The van der Waals surface area contributed by atoms with E-state index in [4.69, 9.17) is 4.74 Å². The molecule has 2 N–H and O–H groups in total. The van der Waals surface area contributed by atoms with Crippen LogP contribution in [0.1, 0.15) is 37.2 Å². The van der Waals surface area contributed by atoms with Crippen LogP contribution in [0.25, 0.3) is 0 Å². The Bertz CT molecular complexity index is 982. The highest BCUT2D eigenvalue weighted by Crippen LogP contribution is 2.42.